The number of oxazole rings is 1. The van der Waals surface area contributed by atoms with Crippen LogP contribution in [0, 0.1) is 0 Å². The lowest BCUT2D eigenvalue weighted by Crippen LogP contribution is -2.41. The van der Waals surface area contributed by atoms with E-state index in [2.05, 4.69) is 25.5 Å². The molecule has 0 radical (unpaired) electrons. The number of likely N-dealkylation sites (tertiary alicyclic amines) is 1. The zero-order valence-corrected chi connectivity index (χ0v) is 18.3. The van der Waals surface area contributed by atoms with Crippen LogP contribution >= 0.6 is 24.0 Å². The summed E-state index contributed by atoms with van der Waals surface area (Å²) in [6.07, 6.45) is 7.08. The Hall–Kier alpha value is -1.61. The lowest BCUT2D eigenvalue weighted by atomic mass is 10.2. The largest absolute Gasteiger partial charge is 0.444 e. The van der Waals surface area contributed by atoms with Gasteiger partial charge in [-0.2, -0.15) is 0 Å². The SMILES string of the molecule is CN=C(NCCN1CCCCCC1)NCc1coc(-c2ccccc2)n1.I. The predicted molar refractivity (Wildman–Crippen MR) is 120 cm³/mol. The number of hydrogen-bond acceptors (Lipinski definition) is 4. The quantitative estimate of drug-likeness (QED) is 0.374. The molecule has 6 nitrogen and oxygen atoms in total. The third kappa shape index (κ3) is 7.14. The van der Waals surface area contributed by atoms with Crippen molar-refractivity contribution >= 4 is 29.9 Å². The van der Waals surface area contributed by atoms with Crippen LogP contribution in [0.4, 0.5) is 0 Å². The molecule has 0 spiro atoms. The fourth-order valence-electron chi connectivity index (χ4n) is 3.19. The Labute approximate surface area is 178 Å². The Balaban J connectivity index is 0.00000261. The van der Waals surface area contributed by atoms with Crippen LogP contribution in [-0.2, 0) is 6.54 Å². The van der Waals surface area contributed by atoms with Gasteiger partial charge in [0.05, 0.1) is 12.2 Å². The van der Waals surface area contributed by atoms with E-state index in [-0.39, 0.29) is 24.0 Å². The molecule has 1 saturated heterocycles. The predicted octanol–water partition coefficient (Wildman–Crippen LogP) is 3.50. The topological polar surface area (TPSA) is 65.7 Å². The first-order chi connectivity index (χ1) is 12.8. The molecule has 1 aliphatic rings. The minimum Gasteiger partial charge on any atom is -0.444 e. The summed E-state index contributed by atoms with van der Waals surface area (Å²) in [5, 5.41) is 6.68. The van der Waals surface area contributed by atoms with E-state index in [4.69, 9.17) is 4.42 Å². The van der Waals surface area contributed by atoms with Crippen LogP contribution in [0.5, 0.6) is 0 Å². The molecular weight excluding hydrogens is 453 g/mol. The van der Waals surface area contributed by atoms with Crippen molar-refractivity contribution < 1.29 is 4.42 Å². The second kappa shape index (κ2) is 12.0. The molecule has 7 heteroatoms. The molecule has 0 aliphatic carbocycles. The summed E-state index contributed by atoms with van der Waals surface area (Å²) in [6, 6.07) is 9.93. The second-order valence-corrected chi connectivity index (χ2v) is 6.62. The fourth-order valence-corrected chi connectivity index (χ4v) is 3.19. The molecule has 0 unspecified atom stereocenters. The van der Waals surface area contributed by atoms with E-state index >= 15 is 0 Å². The van der Waals surface area contributed by atoms with E-state index in [1.807, 2.05) is 30.3 Å². The van der Waals surface area contributed by atoms with Crippen molar-refractivity contribution in [1.29, 1.82) is 0 Å². The van der Waals surface area contributed by atoms with Gasteiger partial charge in [0.15, 0.2) is 5.96 Å². The minimum atomic E-state index is 0. The number of rotatable bonds is 6. The van der Waals surface area contributed by atoms with Gasteiger partial charge in [0.2, 0.25) is 5.89 Å². The van der Waals surface area contributed by atoms with Crippen LogP contribution in [0.25, 0.3) is 11.5 Å². The van der Waals surface area contributed by atoms with Gasteiger partial charge in [-0.05, 0) is 38.1 Å². The van der Waals surface area contributed by atoms with Crippen molar-refractivity contribution in [3.8, 4) is 11.5 Å². The van der Waals surface area contributed by atoms with Gasteiger partial charge in [0.1, 0.15) is 6.26 Å². The number of halogens is 1. The summed E-state index contributed by atoms with van der Waals surface area (Å²) < 4.78 is 5.57. The molecular formula is C20H30IN5O. The zero-order chi connectivity index (χ0) is 18.0. The van der Waals surface area contributed by atoms with Crippen molar-refractivity contribution in [3.63, 3.8) is 0 Å². The fraction of sp³-hybridized carbons (Fsp3) is 0.500. The van der Waals surface area contributed by atoms with Crippen LogP contribution in [0.1, 0.15) is 31.4 Å². The molecule has 2 aromatic rings. The first-order valence-corrected chi connectivity index (χ1v) is 9.52. The minimum absolute atomic E-state index is 0. The maximum absolute atomic E-state index is 5.57. The van der Waals surface area contributed by atoms with Crippen LogP contribution in [0.3, 0.4) is 0 Å². The van der Waals surface area contributed by atoms with Gasteiger partial charge >= 0.3 is 0 Å². The first kappa shape index (κ1) is 21.7. The first-order valence-electron chi connectivity index (χ1n) is 9.52. The van der Waals surface area contributed by atoms with E-state index in [0.29, 0.717) is 12.4 Å². The van der Waals surface area contributed by atoms with Crippen molar-refractivity contribution in [2.45, 2.75) is 32.2 Å². The molecule has 0 atom stereocenters. The summed E-state index contributed by atoms with van der Waals surface area (Å²) in [4.78, 5) is 11.4. The molecule has 3 rings (SSSR count). The van der Waals surface area contributed by atoms with Gasteiger partial charge in [-0.1, -0.05) is 31.0 Å². The van der Waals surface area contributed by atoms with Crippen molar-refractivity contribution in [2.75, 3.05) is 33.2 Å². The van der Waals surface area contributed by atoms with Gasteiger partial charge in [0.25, 0.3) is 0 Å². The van der Waals surface area contributed by atoms with E-state index in [1.54, 1.807) is 13.3 Å². The lowest BCUT2D eigenvalue weighted by Gasteiger charge is -2.20. The third-order valence-corrected chi connectivity index (χ3v) is 4.65. The summed E-state index contributed by atoms with van der Waals surface area (Å²) in [5.41, 5.74) is 1.85. The van der Waals surface area contributed by atoms with Crippen molar-refractivity contribution in [3.05, 3.63) is 42.3 Å². The summed E-state index contributed by atoms with van der Waals surface area (Å²) in [6.45, 7) is 4.97. The highest BCUT2D eigenvalue weighted by molar-refractivity contribution is 14.0. The van der Waals surface area contributed by atoms with Crippen LogP contribution in [-0.4, -0.2) is 49.1 Å². The van der Waals surface area contributed by atoms with Gasteiger partial charge in [0, 0.05) is 25.7 Å². The monoisotopic (exact) mass is 483 g/mol. The Kier molecular flexibility index (Phi) is 9.61. The highest BCUT2D eigenvalue weighted by atomic mass is 127. The highest BCUT2D eigenvalue weighted by Gasteiger charge is 2.09. The molecule has 0 saturated carbocycles. The maximum atomic E-state index is 5.57. The molecule has 2 heterocycles. The number of aromatic nitrogens is 1. The lowest BCUT2D eigenvalue weighted by molar-refractivity contribution is 0.289. The van der Waals surface area contributed by atoms with Crippen molar-refractivity contribution in [1.82, 2.24) is 20.5 Å². The van der Waals surface area contributed by atoms with Gasteiger partial charge < -0.3 is 20.0 Å². The maximum Gasteiger partial charge on any atom is 0.226 e. The molecule has 2 N–H and O–H groups in total. The Bertz CT molecular complexity index is 681. The molecule has 27 heavy (non-hydrogen) atoms. The van der Waals surface area contributed by atoms with Gasteiger partial charge in [-0.25, -0.2) is 4.98 Å². The molecule has 0 bridgehead atoms. The standard InChI is InChI=1S/C20H29N5O.HI/c1-21-20(22-11-14-25-12-7-2-3-8-13-25)23-15-18-16-26-19(24-18)17-9-5-4-6-10-17;/h4-6,9-10,16H,2-3,7-8,11-15H2,1H3,(H2,21,22,23);1H. The summed E-state index contributed by atoms with van der Waals surface area (Å²) in [5.74, 6) is 1.44. The molecule has 148 valence electrons. The Morgan fingerprint density at radius 1 is 1.11 bits per heavy atom. The number of nitrogens with one attached hydrogen (secondary N) is 2. The number of benzene rings is 1. The van der Waals surface area contributed by atoms with E-state index in [0.717, 1.165) is 30.3 Å². The number of nitrogens with zero attached hydrogens (tertiary/aromatic N) is 3. The van der Waals surface area contributed by atoms with E-state index < -0.39 is 0 Å². The van der Waals surface area contributed by atoms with E-state index in [9.17, 15) is 0 Å². The molecule has 1 aliphatic heterocycles. The summed E-state index contributed by atoms with van der Waals surface area (Å²) in [7, 11) is 1.79. The average molecular weight is 483 g/mol. The molecule has 0 amide bonds. The van der Waals surface area contributed by atoms with Gasteiger partial charge in [-0.15, -0.1) is 24.0 Å². The molecule has 1 aromatic heterocycles. The number of guanidine groups is 1. The molecule has 1 aromatic carbocycles. The highest BCUT2D eigenvalue weighted by Crippen LogP contribution is 2.17. The summed E-state index contributed by atoms with van der Waals surface area (Å²) >= 11 is 0. The number of aliphatic imine (C=N–C) groups is 1. The zero-order valence-electron chi connectivity index (χ0n) is 16.0. The Morgan fingerprint density at radius 3 is 2.56 bits per heavy atom. The van der Waals surface area contributed by atoms with Crippen LogP contribution in [0.2, 0.25) is 0 Å². The van der Waals surface area contributed by atoms with Gasteiger partial charge in [-0.3, -0.25) is 4.99 Å². The number of hydrogen-bond donors (Lipinski definition) is 2. The van der Waals surface area contributed by atoms with Crippen molar-refractivity contribution in [2.24, 2.45) is 4.99 Å². The second-order valence-electron chi connectivity index (χ2n) is 6.62. The van der Waals surface area contributed by atoms with Crippen LogP contribution < -0.4 is 10.6 Å². The molecule has 1 fully saturated rings. The van der Waals surface area contributed by atoms with E-state index in [1.165, 1.54) is 38.8 Å². The average Bonchev–Trinajstić information content (AvgIpc) is 3.01. The third-order valence-electron chi connectivity index (χ3n) is 4.65. The Morgan fingerprint density at radius 2 is 1.85 bits per heavy atom. The smallest absolute Gasteiger partial charge is 0.226 e. The van der Waals surface area contributed by atoms with Crippen LogP contribution in [0.15, 0.2) is 46.0 Å². The normalized spacial score (nSPS) is 15.7.